The highest BCUT2D eigenvalue weighted by Gasteiger charge is 2.27. The van der Waals surface area contributed by atoms with E-state index in [0.717, 1.165) is 41.4 Å². The van der Waals surface area contributed by atoms with Gasteiger partial charge < -0.3 is 14.4 Å². The number of methoxy groups -OCH3 is 1. The Bertz CT molecular complexity index is 1460. The van der Waals surface area contributed by atoms with Crippen molar-refractivity contribution in [3.8, 4) is 16.8 Å². The number of carbonyl (C=O) groups excluding carboxylic acids is 1. The summed E-state index contributed by atoms with van der Waals surface area (Å²) in [5, 5.41) is 5.59. The van der Waals surface area contributed by atoms with Crippen molar-refractivity contribution in [2.24, 2.45) is 0 Å². The van der Waals surface area contributed by atoms with E-state index in [2.05, 4.69) is 9.88 Å². The Hall–Kier alpha value is -3.85. The van der Waals surface area contributed by atoms with Crippen molar-refractivity contribution in [2.45, 2.75) is 39.5 Å². The van der Waals surface area contributed by atoms with E-state index in [0.29, 0.717) is 17.9 Å². The van der Waals surface area contributed by atoms with Crippen molar-refractivity contribution in [3.05, 3.63) is 71.5 Å². The molecule has 0 saturated carbocycles. The molecule has 0 N–H and O–H groups in total. The molecule has 2 aromatic carbocycles. The fourth-order valence-corrected chi connectivity index (χ4v) is 4.43. The molecule has 0 unspecified atom stereocenters. The zero-order valence-electron chi connectivity index (χ0n) is 23.2. The zero-order chi connectivity index (χ0) is 28.3. The Morgan fingerprint density at radius 2 is 1.85 bits per heavy atom. The maximum absolute atomic E-state index is 14.2. The summed E-state index contributed by atoms with van der Waals surface area (Å²) in [5.74, 6) is -3.59. The molecule has 0 aliphatic heterocycles. The van der Waals surface area contributed by atoms with Crippen LogP contribution in [0.1, 0.15) is 55.4 Å². The van der Waals surface area contributed by atoms with Crippen molar-refractivity contribution < 1.29 is 23.0 Å². The van der Waals surface area contributed by atoms with Gasteiger partial charge in [-0.3, -0.25) is 0 Å². The summed E-state index contributed by atoms with van der Waals surface area (Å²) in [6, 6.07) is 15.8. The number of hydrogen-bond acceptors (Lipinski definition) is 6. The Balaban J connectivity index is 1.96. The molecule has 4 aromatic rings. The van der Waals surface area contributed by atoms with Crippen molar-refractivity contribution >= 4 is 22.7 Å². The van der Waals surface area contributed by atoms with E-state index in [1.807, 2.05) is 45.2 Å². The van der Waals surface area contributed by atoms with Crippen LogP contribution >= 0.6 is 0 Å². The third kappa shape index (κ3) is 5.93. The molecular weight excluding hydrogens is 502 g/mol. The number of halogens is 2. The van der Waals surface area contributed by atoms with Gasteiger partial charge in [0.1, 0.15) is 0 Å². The predicted octanol–water partition coefficient (Wildman–Crippen LogP) is 6.58. The first-order chi connectivity index (χ1) is 18.5. The molecule has 0 radical (unpaired) electrons. The van der Waals surface area contributed by atoms with E-state index in [1.165, 1.54) is 12.1 Å². The Labute approximate surface area is 227 Å². The number of pyridine rings is 1. The highest BCUT2D eigenvalue weighted by atomic mass is 19.3. The molecule has 7 nitrogen and oxygen atoms in total. The van der Waals surface area contributed by atoms with Crippen LogP contribution in [0.5, 0.6) is 0 Å². The molecule has 0 aliphatic rings. The second-order valence-electron chi connectivity index (χ2n) is 9.83. The number of hydrogen-bond donors (Lipinski definition) is 0. The molecule has 2 aromatic heterocycles. The molecule has 0 atom stereocenters. The molecule has 206 valence electrons. The Morgan fingerprint density at radius 1 is 1.13 bits per heavy atom. The summed E-state index contributed by atoms with van der Waals surface area (Å²) < 4.78 is 40.4. The number of benzene rings is 2. The lowest BCUT2D eigenvalue weighted by atomic mass is 9.97. The Kier molecular flexibility index (Phi) is 8.30. The number of aromatic nitrogens is 3. The first-order valence-electron chi connectivity index (χ1n) is 12.9. The normalized spacial score (nSPS) is 11.8. The van der Waals surface area contributed by atoms with Crippen LogP contribution in [0.25, 0.3) is 27.8 Å². The largest absolute Gasteiger partial charge is 0.461 e. The van der Waals surface area contributed by atoms with Gasteiger partial charge in [0, 0.05) is 38.9 Å². The third-order valence-electron chi connectivity index (χ3n) is 6.54. The minimum atomic E-state index is -3.02. The number of alkyl halides is 2. The van der Waals surface area contributed by atoms with Crippen LogP contribution < -0.4 is 4.90 Å². The standard InChI is InChI=1S/C30H34F2N4O3/c1-7-39-29(37)25-18-24(20-11-13-22(14-12-20)35(5)15-16-38-6)26-27(19(2)3)34-36(28(26)33-25)23-10-8-9-21(17-23)30(4,31)32/h8-14,17-19H,7,15-16H2,1-6H3. The number of fused-ring (bicyclic) bond motifs is 1. The van der Waals surface area contributed by atoms with Gasteiger partial charge in [0.15, 0.2) is 11.3 Å². The number of ether oxygens (including phenoxy) is 2. The average Bonchev–Trinajstić information content (AvgIpc) is 3.31. The van der Waals surface area contributed by atoms with E-state index >= 15 is 0 Å². The quantitative estimate of drug-likeness (QED) is 0.213. The number of carbonyl (C=O) groups is 1. The highest BCUT2D eigenvalue weighted by Crippen LogP contribution is 2.37. The van der Waals surface area contributed by atoms with Gasteiger partial charge in [-0.25, -0.2) is 23.2 Å². The number of anilines is 1. The van der Waals surface area contributed by atoms with Crippen LogP contribution in [0.15, 0.2) is 54.6 Å². The molecule has 0 amide bonds. The second kappa shape index (κ2) is 11.5. The first-order valence-corrected chi connectivity index (χ1v) is 12.9. The van der Waals surface area contributed by atoms with Crippen molar-refractivity contribution in [1.29, 1.82) is 0 Å². The van der Waals surface area contributed by atoms with Gasteiger partial charge >= 0.3 is 5.97 Å². The summed E-state index contributed by atoms with van der Waals surface area (Å²) in [7, 11) is 3.66. The Morgan fingerprint density at radius 3 is 2.46 bits per heavy atom. The average molecular weight is 537 g/mol. The molecule has 9 heteroatoms. The first kappa shape index (κ1) is 28.2. The van der Waals surface area contributed by atoms with Crippen LogP contribution in [-0.4, -0.2) is 54.6 Å². The van der Waals surface area contributed by atoms with Gasteiger partial charge in [0.2, 0.25) is 0 Å². The fourth-order valence-electron chi connectivity index (χ4n) is 4.43. The SMILES string of the molecule is CCOC(=O)c1cc(-c2ccc(N(C)CCOC)cc2)c2c(C(C)C)nn(-c3cccc(C(C)(F)F)c3)c2n1. The molecule has 0 spiro atoms. The molecule has 39 heavy (non-hydrogen) atoms. The van der Waals surface area contributed by atoms with Crippen LogP contribution in [-0.2, 0) is 15.4 Å². The maximum Gasteiger partial charge on any atom is 0.357 e. The van der Waals surface area contributed by atoms with Crippen molar-refractivity contribution in [2.75, 3.05) is 38.8 Å². The van der Waals surface area contributed by atoms with Gasteiger partial charge in [-0.1, -0.05) is 38.1 Å². The third-order valence-corrected chi connectivity index (χ3v) is 6.54. The highest BCUT2D eigenvalue weighted by molar-refractivity contribution is 6.00. The van der Waals surface area contributed by atoms with Crippen molar-refractivity contribution in [3.63, 3.8) is 0 Å². The number of esters is 1. The van der Waals surface area contributed by atoms with Gasteiger partial charge in [-0.05, 0) is 54.3 Å². The summed E-state index contributed by atoms with van der Waals surface area (Å²) in [6.07, 6.45) is 0. The van der Waals surface area contributed by atoms with Crippen LogP contribution in [0, 0.1) is 0 Å². The summed E-state index contributed by atoms with van der Waals surface area (Å²) >= 11 is 0. The molecular formula is C30H34F2N4O3. The summed E-state index contributed by atoms with van der Waals surface area (Å²) in [5.41, 5.74) is 4.21. The molecule has 0 fully saturated rings. The molecule has 2 heterocycles. The lowest BCUT2D eigenvalue weighted by Crippen LogP contribution is -2.21. The van der Waals surface area contributed by atoms with E-state index < -0.39 is 11.9 Å². The topological polar surface area (TPSA) is 69.5 Å². The van der Waals surface area contributed by atoms with Crippen LogP contribution in [0.3, 0.4) is 0 Å². The molecule has 4 rings (SSSR count). The summed E-state index contributed by atoms with van der Waals surface area (Å²) in [6.45, 7) is 8.16. The fraction of sp³-hybridized carbons (Fsp3) is 0.367. The van der Waals surface area contributed by atoms with Gasteiger partial charge in [-0.2, -0.15) is 5.10 Å². The van der Waals surface area contributed by atoms with Crippen LogP contribution in [0.2, 0.25) is 0 Å². The second-order valence-corrected chi connectivity index (χ2v) is 9.83. The minimum absolute atomic E-state index is 0.00186. The summed E-state index contributed by atoms with van der Waals surface area (Å²) in [4.78, 5) is 19.6. The van der Waals surface area contributed by atoms with Gasteiger partial charge in [0.05, 0.1) is 30.0 Å². The maximum atomic E-state index is 14.2. The van der Waals surface area contributed by atoms with Gasteiger partial charge in [-0.15, -0.1) is 0 Å². The number of rotatable bonds is 10. The minimum Gasteiger partial charge on any atom is -0.461 e. The number of likely N-dealkylation sites (N-methyl/N-ethyl adjacent to an activating group) is 1. The lowest BCUT2D eigenvalue weighted by molar-refractivity contribution is 0.0174. The van der Waals surface area contributed by atoms with E-state index in [4.69, 9.17) is 14.6 Å². The lowest BCUT2D eigenvalue weighted by Gasteiger charge is -2.19. The predicted molar refractivity (Wildman–Crippen MR) is 149 cm³/mol. The van der Waals surface area contributed by atoms with E-state index in [-0.39, 0.29) is 23.8 Å². The van der Waals surface area contributed by atoms with Crippen molar-refractivity contribution in [1.82, 2.24) is 14.8 Å². The van der Waals surface area contributed by atoms with E-state index in [9.17, 15) is 13.6 Å². The van der Waals surface area contributed by atoms with Gasteiger partial charge in [0.25, 0.3) is 5.92 Å². The van der Waals surface area contributed by atoms with Crippen LogP contribution in [0.4, 0.5) is 14.5 Å². The monoisotopic (exact) mass is 536 g/mol. The smallest absolute Gasteiger partial charge is 0.357 e. The molecule has 0 bridgehead atoms. The molecule has 0 aliphatic carbocycles. The number of nitrogens with zero attached hydrogens (tertiary/aromatic N) is 4. The zero-order valence-corrected chi connectivity index (χ0v) is 23.2. The van der Waals surface area contributed by atoms with E-state index in [1.54, 1.807) is 36.9 Å². The molecule has 0 saturated heterocycles.